The number of nitriles is 1. The highest BCUT2D eigenvalue weighted by Crippen LogP contribution is 2.43. The van der Waals surface area contributed by atoms with Crippen LogP contribution in [-0.4, -0.2) is 47.4 Å². The van der Waals surface area contributed by atoms with E-state index in [4.69, 9.17) is 4.74 Å². The van der Waals surface area contributed by atoms with Crippen molar-refractivity contribution in [2.75, 3.05) is 6.61 Å². The molecule has 46 heavy (non-hydrogen) atoms. The van der Waals surface area contributed by atoms with Crippen LogP contribution < -0.4 is 4.74 Å². The summed E-state index contributed by atoms with van der Waals surface area (Å²) < 4.78 is 101. The van der Waals surface area contributed by atoms with Gasteiger partial charge in [0.2, 0.25) is 16.4 Å². The predicted molar refractivity (Wildman–Crippen MR) is 166 cm³/mol. The lowest BCUT2D eigenvalue weighted by molar-refractivity contribution is -0.0135. The van der Waals surface area contributed by atoms with Crippen molar-refractivity contribution < 1.29 is 35.1 Å². The molecule has 1 fully saturated rings. The first-order valence-corrected chi connectivity index (χ1v) is 17.2. The number of hydrogen-bond acceptors (Lipinski definition) is 5. The molecule has 0 amide bonds. The highest BCUT2D eigenvalue weighted by atomic mass is 32.2. The Labute approximate surface area is 267 Å². The van der Waals surface area contributed by atoms with Gasteiger partial charge >= 0.3 is 6.55 Å². The summed E-state index contributed by atoms with van der Waals surface area (Å²) in [6.45, 7) is 1.14. The summed E-state index contributed by atoms with van der Waals surface area (Å²) in [5.41, 5.74) is 0.0346. The Hall–Kier alpha value is -3.24. The van der Waals surface area contributed by atoms with Gasteiger partial charge in [-0.25, -0.2) is 21.6 Å². The molecule has 0 bridgehead atoms. The second-order valence-corrected chi connectivity index (χ2v) is 14.5. The molecular formula is C33H41F5N4O3S. The van der Waals surface area contributed by atoms with Gasteiger partial charge in [-0.15, -0.1) is 4.31 Å². The van der Waals surface area contributed by atoms with Crippen LogP contribution in [0.15, 0.2) is 35.4 Å². The fourth-order valence-electron chi connectivity index (χ4n) is 5.82. The van der Waals surface area contributed by atoms with Crippen molar-refractivity contribution in [1.82, 2.24) is 13.9 Å². The first-order chi connectivity index (χ1) is 21.8. The van der Waals surface area contributed by atoms with E-state index < -0.39 is 39.2 Å². The summed E-state index contributed by atoms with van der Waals surface area (Å²) in [5, 5.41) is 10.6. The third-order valence-corrected chi connectivity index (χ3v) is 10.4. The Morgan fingerprint density at radius 2 is 1.70 bits per heavy atom. The molecule has 252 valence electrons. The molecule has 0 unspecified atom stereocenters. The van der Waals surface area contributed by atoms with Gasteiger partial charge in [0.1, 0.15) is 11.0 Å². The van der Waals surface area contributed by atoms with E-state index in [1.165, 1.54) is 39.0 Å². The van der Waals surface area contributed by atoms with Crippen molar-refractivity contribution in [3.63, 3.8) is 0 Å². The average Bonchev–Trinajstić information content (AvgIpc) is 3.24. The molecule has 3 aromatic rings. The number of unbranched alkanes of at least 4 members (excludes halogenated alkanes) is 6. The molecule has 0 aliphatic heterocycles. The monoisotopic (exact) mass is 668 g/mol. The third-order valence-electron chi connectivity index (χ3n) is 8.31. The van der Waals surface area contributed by atoms with Crippen LogP contribution in [0.25, 0.3) is 22.3 Å². The SMILES string of the molecule is CC(C)(C)N(C(F)F)S(=O)(=O)c1ccc(-c2c(C#N)c3cc(F)c(OCCCCCCCCCC(F)F)cc3n2C2CCC2)nc1. The van der Waals surface area contributed by atoms with Crippen molar-refractivity contribution >= 4 is 20.9 Å². The van der Waals surface area contributed by atoms with Crippen LogP contribution in [0.2, 0.25) is 0 Å². The van der Waals surface area contributed by atoms with E-state index >= 15 is 4.39 Å². The molecule has 0 spiro atoms. The van der Waals surface area contributed by atoms with E-state index in [1.54, 1.807) is 6.07 Å². The Morgan fingerprint density at radius 3 is 2.22 bits per heavy atom. The van der Waals surface area contributed by atoms with Gasteiger partial charge in [0.15, 0.2) is 11.6 Å². The Kier molecular flexibility index (Phi) is 11.7. The lowest BCUT2D eigenvalue weighted by atomic mass is 9.92. The van der Waals surface area contributed by atoms with Crippen LogP contribution in [0, 0.1) is 17.1 Å². The van der Waals surface area contributed by atoms with Gasteiger partial charge in [-0.1, -0.05) is 32.1 Å². The number of ether oxygens (including phenoxy) is 1. The molecule has 0 radical (unpaired) electrons. The summed E-state index contributed by atoms with van der Waals surface area (Å²) in [7, 11) is -4.59. The van der Waals surface area contributed by atoms with E-state index in [1.807, 2.05) is 4.57 Å². The number of fused-ring (bicyclic) bond motifs is 1. The molecular weight excluding hydrogens is 627 g/mol. The molecule has 2 heterocycles. The van der Waals surface area contributed by atoms with Crippen molar-refractivity contribution in [2.45, 2.75) is 121 Å². The highest BCUT2D eigenvalue weighted by molar-refractivity contribution is 7.89. The number of benzene rings is 1. The quantitative estimate of drug-likeness (QED) is 0.0863. The molecule has 0 atom stereocenters. The van der Waals surface area contributed by atoms with Crippen molar-refractivity contribution in [3.05, 3.63) is 41.8 Å². The second kappa shape index (κ2) is 15.1. The largest absolute Gasteiger partial charge is 0.490 e. The Bertz CT molecular complexity index is 1630. The average molecular weight is 669 g/mol. The number of aromatic nitrogens is 2. The van der Waals surface area contributed by atoms with Gasteiger partial charge in [-0.2, -0.15) is 14.0 Å². The normalized spacial score (nSPS) is 14.4. The molecule has 2 aromatic heterocycles. The van der Waals surface area contributed by atoms with Crippen LogP contribution in [0.4, 0.5) is 22.0 Å². The third kappa shape index (κ3) is 8.00. The zero-order valence-corrected chi connectivity index (χ0v) is 27.2. The minimum atomic E-state index is -4.59. The van der Waals surface area contributed by atoms with Gasteiger partial charge in [0, 0.05) is 35.7 Å². The van der Waals surface area contributed by atoms with Gasteiger partial charge < -0.3 is 9.30 Å². The maximum atomic E-state index is 15.3. The minimum Gasteiger partial charge on any atom is -0.490 e. The van der Waals surface area contributed by atoms with Gasteiger partial charge in [0.25, 0.3) is 0 Å². The van der Waals surface area contributed by atoms with Crippen LogP contribution in [-0.2, 0) is 10.0 Å². The molecule has 0 saturated heterocycles. The van der Waals surface area contributed by atoms with E-state index in [0.29, 0.717) is 29.4 Å². The first-order valence-electron chi connectivity index (χ1n) is 15.7. The smallest absolute Gasteiger partial charge is 0.308 e. The molecule has 1 aliphatic rings. The molecule has 1 aromatic carbocycles. The maximum absolute atomic E-state index is 15.3. The van der Waals surface area contributed by atoms with Gasteiger partial charge in [0.05, 0.1) is 29.1 Å². The number of hydrogen-bond donors (Lipinski definition) is 0. The highest BCUT2D eigenvalue weighted by Gasteiger charge is 2.40. The molecule has 13 heteroatoms. The maximum Gasteiger partial charge on any atom is 0.308 e. The summed E-state index contributed by atoms with van der Waals surface area (Å²) in [6.07, 6.45) is 6.96. The van der Waals surface area contributed by atoms with Crippen LogP contribution in [0.3, 0.4) is 0 Å². The number of nitrogens with zero attached hydrogens (tertiary/aromatic N) is 4. The van der Waals surface area contributed by atoms with Crippen LogP contribution in [0.1, 0.15) is 103 Å². The van der Waals surface area contributed by atoms with E-state index in [9.17, 15) is 31.2 Å². The lowest BCUT2D eigenvalue weighted by Crippen LogP contribution is -2.48. The molecule has 4 rings (SSSR count). The van der Waals surface area contributed by atoms with E-state index in [-0.39, 0.29) is 40.4 Å². The fraction of sp³-hybridized carbons (Fsp3) is 0.576. The van der Waals surface area contributed by atoms with E-state index in [2.05, 4.69) is 11.1 Å². The summed E-state index contributed by atoms with van der Waals surface area (Å²) >= 11 is 0. The summed E-state index contributed by atoms with van der Waals surface area (Å²) in [4.78, 5) is 3.91. The Morgan fingerprint density at radius 1 is 1.04 bits per heavy atom. The van der Waals surface area contributed by atoms with E-state index in [0.717, 1.165) is 57.6 Å². The molecule has 7 nitrogen and oxygen atoms in total. The van der Waals surface area contributed by atoms with Gasteiger partial charge in [-0.3, -0.25) is 4.98 Å². The van der Waals surface area contributed by atoms with Crippen LogP contribution >= 0.6 is 0 Å². The Balaban J connectivity index is 1.57. The van der Waals surface area contributed by atoms with Crippen molar-refractivity contribution in [2.24, 2.45) is 0 Å². The fourth-order valence-corrected chi connectivity index (χ4v) is 7.41. The number of halogens is 5. The van der Waals surface area contributed by atoms with Crippen molar-refractivity contribution in [1.29, 1.82) is 5.26 Å². The van der Waals surface area contributed by atoms with Crippen molar-refractivity contribution in [3.8, 4) is 23.2 Å². The zero-order chi connectivity index (χ0) is 33.6. The molecule has 1 saturated carbocycles. The second-order valence-electron chi connectivity index (χ2n) is 12.7. The first kappa shape index (κ1) is 35.6. The molecule has 0 N–H and O–H groups in total. The number of pyridine rings is 1. The number of rotatable bonds is 16. The number of alkyl halides is 4. The van der Waals surface area contributed by atoms with Crippen LogP contribution in [0.5, 0.6) is 5.75 Å². The zero-order valence-electron chi connectivity index (χ0n) is 26.4. The number of sulfonamides is 1. The standard InChI is InChI=1S/C33H41F5N4O3S/c1-33(2,3)42(32(37)38)46(43,44)23-15-16-27(40-21-23)31-25(20-39)24-18-26(34)29(19-28(24)41(31)22-12-11-13-22)45-17-10-8-6-4-5-7-9-14-30(35)36/h15-16,18-19,21-22,30,32H,4-14,17H2,1-3H3. The predicted octanol–water partition coefficient (Wildman–Crippen LogP) is 9.22. The molecule has 1 aliphatic carbocycles. The summed E-state index contributed by atoms with van der Waals surface area (Å²) in [5.74, 6) is -0.568. The lowest BCUT2D eigenvalue weighted by Gasteiger charge is -2.33. The summed E-state index contributed by atoms with van der Waals surface area (Å²) in [6, 6.07) is 7.59. The van der Waals surface area contributed by atoms with Gasteiger partial charge in [-0.05, 0) is 71.1 Å². The minimum absolute atomic E-state index is 0.000898. The topological polar surface area (TPSA) is 88.2 Å².